The van der Waals surface area contributed by atoms with Gasteiger partial charge in [-0.1, -0.05) is 13.8 Å². The van der Waals surface area contributed by atoms with Crippen LogP contribution in [-0.4, -0.2) is 22.0 Å². The molecule has 0 heterocycles. The molecular formula is C11H19NO2S. The van der Waals surface area contributed by atoms with Gasteiger partial charge < -0.3 is 0 Å². The van der Waals surface area contributed by atoms with Gasteiger partial charge in [-0.15, -0.1) is 0 Å². The van der Waals surface area contributed by atoms with Gasteiger partial charge in [-0.3, -0.25) is 13.8 Å². The highest BCUT2D eigenvalue weighted by Crippen LogP contribution is 2.64. The molecule has 15 heavy (non-hydrogen) atoms. The molecule has 86 valence electrons. The molecule has 2 bridgehead atoms. The number of carbonyl (C=O) groups excluding carboxylic acids is 1. The van der Waals surface area contributed by atoms with Crippen LogP contribution in [0.1, 0.15) is 33.1 Å². The molecule has 3 unspecified atom stereocenters. The predicted molar refractivity (Wildman–Crippen MR) is 60.2 cm³/mol. The first-order valence-electron chi connectivity index (χ1n) is 5.44. The van der Waals surface area contributed by atoms with Gasteiger partial charge in [-0.25, -0.2) is 0 Å². The molecule has 3 atom stereocenters. The van der Waals surface area contributed by atoms with Crippen molar-refractivity contribution in [1.82, 2.24) is 0 Å². The molecule has 4 heteroatoms. The number of carbonyl (C=O) groups is 1. The first-order valence-corrected chi connectivity index (χ1v) is 7.57. The molecule has 0 aliphatic heterocycles. The molecule has 2 saturated carbocycles. The van der Waals surface area contributed by atoms with Gasteiger partial charge in [-0.05, 0) is 24.2 Å². The summed E-state index contributed by atoms with van der Waals surface area (Å²) >= 11 is 0. The molecule has 2 fully saturated rings. The number of ketones is 1. The second kappa shape index (κ2) is 2.84. The average molecular weight is 229 g/mol. The Bertz CT molecular complexity index is 410. The van der Waals surface area contributed by atoms with E-state index in [4.69, 9.17) is 4.78 Å². The summed E-state index contributed by atoms with van der Waals surface area (Å²) in [5.41, 5.74) is -0.505. The Kier molecular flexibility index (Phi) is 2.11. The summed E-state index contributed by atoms with van der Waals surface area (Å²) in [7, 11) is -2.58. The minimum absolute atomic E-state index is 0.0518. The van der Waals surface area contributed by atoms with Crippen molar-refractivity contribution in [1.29, 1.82) is 4.78 Å². The molecule has 1 N–H and O–H groups in total. The highest BCUT2D eigenvalue weighted by atomic mass is 32.2. The van der Waals surface area contributed by atoms with Crippen molar-refractivity contribution in [2.45, 2.75) is 33.1 Å². The van der Waals surface area contributed by atoms with Gasteiger partial charge in [0.15, 0.2) is 0 Å². The molecule has 2 rings (SSSR count). The number of fused-ring (bicyclic) bond motifs is 2. The number of nitrogens with one attached hydrogen (secondary N) is 1. The number of rotatable bonds is 2. The fourth-order valence-electron chi connectivity index (χ4n) is 3.58. The Morgan fingerprint density at radius 3 is 2.47 bits per heavy atom. The summed E-state index contributed by atoms with van der Waals surface area (Å²) in [5.74, 6) is 0.972. The van der Waals surface area contributed by atoms with Crippen molar-refractivity contribution in [3.05, 3.63) is 0 Å². The smallest absolute Gasteiger partial charge is 0.140 e. The van der Waals surface area contributed by atoms with Gasteiger partial charge in [0.2, 0.25) is 0 Å². The molecule has 0 spiro atoms. The second-order valence-corrected chi connectivity index (χ2v) is 8.11. The van der Waals surface area contributed by atoms with E-state index in [1.54, 1.807) is 0 Å². The van der Waals surface area contributed by atoms with Crippen LogP contribution in [0.5, 0.6) is 0 Å². The monoisotopic (exact) mass is 229 g/mol. The summed E-state index contributed by atoms with van der Waals surface area (Å²) in [6, 6.07) is 0. The third kappa shape index (κ3) is 1.37. The van der Waals surface area contributed by atoms with E-state index in [0.29, 0.717) is 12.3 Å². The molecule has 0 aromatic rings. The van der Waals surface area contributed by atoms with Crippen LogP contribution in [0.3, 0.4) is 0 Å². The van der Waals surface area contributed by atoms with Crippen molar-refractivity contribution >= 4 is 15.5 Å². The van der Waals surface area contributed by atoms with Gasteiger partial charge in [0.1, 0.15) is 5.78 Å². The molecule has 2 aliphatic rings. The first-order chi connectivity index (χ1) is 6.69. The minimum Gasteiger partial charge on any atom is -0.299 e. The summed E-state index contributed by atoms with van der Waals surface area (Å²) in [6.45, 7) is 4.22. The van der Waals surface area contributed by atoms with E-state index in [2.05, 4.69) is 13.8 Å². The van der Waals surface area contributed by atoms with Gasteiger partial charge in [0.25, 0.3) is 0 Å². The van der Waals surface area contributed by atoms with Crippen LogP contribution in [0.2, 0.25) is 0 Å². The van der Waals surface area contributed by atoms with Crippen LogP contribution >= 0.6 is 0 Å². The van der Waals surface area contributed by atoms with Crippen LogP contribution < -0.4 is 0 Å². The van der Waals surface area contributed by atoms with E-state index in [1.807, 2.05) is 0 Å². The lowest BCUT2D eigenvalue weighted by Crippen LogP contribution is -2.41. The molecule has 0 aromatic carbocycles. The van der Waals surface area contributed by atoms with E-state index in [0.717, 1.165) is 12.8 Å². The largest absolute Gasteiger partial charge is 0.299 e. The summed E-state index contributed by atoms with van der Waals surface area (Å²) in [4.78, 5) is 12.0. The molecule has 0 radical (unpaired) electrons. The number of Topliss-reactive ketones (excluding diaryl/α,β-unsaturated/α-hetero) is 1. The minimum atomic E-state index is -2.58. The summed E-state index contributed by atoms with van der Waals surface area (Å²) < 4.78 is 19.3. The quantitative estimate of drug-likeness (QED) is 0.788. The maximum absolute atomic E-state index is 12.0. The van der Waals surface area contributed by atoms with E-state index >= 15 is 0 Å². The van der Waals surface area contributed by atoms with E-state index < -0.39 is 15.1 Å². The predicted octanol–water partition coefficient (Wildman–Crippen LogP) is 2.06. The fraction of sp³-hybridized carbons (Fsp3) is 0.909. The molecule has 2 aliphatic carbocycles. The summed E-state index contributed by atoms with van der Waals surface area (Å²) in [6.07, 6.45) is 4.00. The number of hydrogen-bond acceptors (Lipinski definition) is 3. The van der Waals surface area contributed by atoms with E-state index in [1.165, 1.54) is 6.26 Å². The van der Waals surface area contributed by atoms with Gasteiger partial charge in [0.05, 0.1) is 0 Å². The third-order valence-corrected chi connectivity index (χ3v) is 5.70. The van der Waals surface area contributed by atoms with Crippen LogP contribution in [0.25, 0.3) is 0 Å². The Hall–Kier alpha value is -0.380. The lowest BCUT2D eigenvalue weighted by molar-refractivity contribution is -0.127. The summed E-state index contributed by atoms with van der Waals surface area (Å²) in [5, 5.41) is 0. The Morgan fingerprint density at radius 2 is 2.13 bits per heavy atom. The standard InChI is InChI=1S/C11H19NO2S/c1-10(2)8-4-5-11(10,9(13)6-8)7-15(3,12)14/h8,12H,4-7H2,1-3H3. The lowest BCUT2D eigenvalue weighted by atomic mass is 9.70. The SMILES string of the molecule is CC1(C)C2CCC1(CS(C)(=N)=O)C(=O)C2. The number of hydrogen-bond donors (Lipinski definition) is 1. The van der Waals surface area contributed by atoms with Gasteiger partial charge in [0, 0.05) is 33.6 Å². The topological polar surface area (TPSA) is 58.0 Å². The molecule has 0 saturated heterocycles. The van der Waals surface area contributed by atoms with Crippen molar-refractivity contribution in [2.24, 2.45) is 16.7 Å². The van der Waals surface area contributed by atoms with Crippen LogP contribution in [-0.2, 0) is 14.5 Å². The van der Waals surface area contributed by atoms with Crippen LogP contribution in [0, 0.1) is 21.5 Å². The Balaban J connectivity index is 2.45. The Labute approximate surface area is 91.6 Å². The lowest BCUT2D eigenvalue weighted by Gasteiger charge is -2.36. The zero-order chi connectivity index (χ0) is 11.5. The normalized spacial score (nSPS) is 41.8. The highest BCUT2D eigenvalue weighted by molar-refractivity contribution is 7.91. The molecular weight excluding hydrogens is 210 g/mol. The maximum atomic E-state index is 12.0. The first kappa shape index (κ1) is 11.1. The Morgan fingerprint density at radius 1 is 1.53 bits per heavy atom. The van der Waals surface area contributed by atoms with Crippen LogP contribution in [0.4, 0.5) is 0 Å². The third-order valence-electron chi connectivity index (χ3n) is 4.66. The molecule has 0 amide bonds. The molecule has 3 nitrogen and oxygen atoms in total. The average Bonchev–Trinajstić information content (AvgIpc) is 2.34. The second-order valence-electron chi connectivity index (χ2n) is 5.82. The maximum Gasteiger partial charge on any atom is 0.140 e. The zero-order valence-corrected chi connectivity index (χ0v) is 10.4. The van der Waals surface area contributed by atoms with Crippen molar-refractivity contribution in [2.75, 3.05) is 12.0 Å². The van der Waals surface area contributed by atoms with Gasteiger partial charge in [-0.2, -0.15) is 0 Å². The fourth-order valence-corrected chi connectivity index (χ4v) is 5.20. The van der Waals surface area contributed by atoms with Gasteiger partial charge >= 0.3 is 0 Å². The van der Waals surface area contributed by atoms with Crippen molar-refractivity contribution < 1.29 is 9.00 Å². The van der Waals surface area contributed by atoms with Crippen molar-refractivity contribution in [3.8, 4) is 0 Å². The van der Waals surface area contributed by atoms with E-state index in [9.17, 15) is 9.00 Å². The zero-order valence-electron chi connectivity index (χ0n) is 9.63. The van der Waals surface area contributed by atoms with Crippen LogP contribution in [0.15, 0.2) is 0 Å². The van der Waals surface area contributed by atoms with Crippen molar-refractivity contribution in [3.63, 3.8) is 0 Å². The highest BCUT2D eigenvalue weighted by Gasteiger charge is 2.64. The van der Waals surface area contributed by atoms with E-state index in [-0.39, 0.29) is 17.0 Å². The molecule has 0 aromatic heterocycles.